The number of carbonyl (C=O) groups is 1. The van der Waals surface area contributed by atoms with Crippen molar-refractivity contribution < 1.29 is 4.79 Å². The molecular formula is C19H23N5OS. The number of hydrogen-bond donors (Lipinski definition) is 1. The molecule has 0 saturated carbocycles. The number of carbonyl (C=O) groups excluding carboxylic acids is 1. The van der Waals surface area contributed by atoms with E-state index in [1.807, 2.05) is 25.0 Å². The number of allylic oxidation sites excluding steroid dienone is 2. The molecule has 2 aliphatic rings. The second kappa shape index (κ2) is 6.46. The molecule has 7 heteroatoms. The molecule has 2 atom stereocenters. The van der Waals surface area contributed by atoms with Crippen molar-refractivity contribution in [3.05, 3.63) is 41.1 Å². The zero-order valence-electron chi connectivity index (χ0n) is 15.5. The molecule has 136 valence electrons. The zero-order chi connectivity index (χ0) is 18.4. The van der Waals surface area contributed by atoms with Crippen molar-refractivity contribution >= 4 is 29.2 Å². The van der Waals surface area contributed by atoms with Gasteiger partial charge in [-0.05, 0) is 36.3 Å². The molecule has 0 bridgehead atoms. The van der Waals surface area contributed by atoms with Gasteiger partial charge in [0.1, 0.15) is 6.04 Å². The molecule has 1 aromatic heterocycles. The monoisotopic (exact) mass is 369 g/mol. The highest BCUT2D eigenvalue weighted by Gasteiger charge is 2.38. The number of benzene rings is 1. The van der Waals surface area contributed by atoms with Crippen molar-refractivity contribution in [3.8, 4) is 0 Å². The van der Waals surface area contributed by atoms with Crippen LogP contribution in [0.4, 0.5) is 11.6 Å². The Morgan fingerprint density at radius 1 is 1.23 bits per heavy atom. The topological polar surface area (TPSA) is 63.1 Å². The van der Waals surface area contributed by atoms with Crippen LogP contribution >= 0.6 is 11.8 Å². The molecule has 1 aromatic carbocycles. The van der Waals surface area contributed by atoms with Gasteiger partial charge in [0, 0.05) is 37.5 Å². The van der Waals surface area contributed by atoms with E-state index in [-0.39, 0.29) is 11.8 Å². The quantitative estimate of drug-likeness (QED) is 0.838. The number of fused-ring (bicyclic) bond motifs is 1. The van der Waals surface area contributed by atoms with Crippen molar-refractivity contribution in [2.24, 2.45) is 5.92 Å². The molecule has 0 saturated heterocycles. The Morgan fingerprint density at radius 3 is 2.62 bits per heavy atom. The smallest absolute Gasteiger partial charge is 0.227 e. The maximum atomic E-state index is 12.9. The molecule has 1 N–H and O–H groups in total. The third-order valence-electron chi connectivity index (χ3n) is 5.01. The Hall–Kier alpha value is -2.28. The van der Waals surface area contributed by atoms with E-state index in [4.69, 9.17) is 0 Å². The lowest BCUT2D eigenvalue weighted by Crippen LogP contribution is -2.33. The van der Waals surface area contributed by atoms with Crippen LogP contribution in [0.2, 0.25) is 0 Å². The third-order valence-corrected chi connectivity index (χ3v) is 5.55. The van der Waals surface area contributed by atoms with Gasteiger partial charge in [0.2, 0.25) is 11.1 Å². The molecule has 6 nitrogen and oxygen atoms in total. The first-order chi connectivity index (χ1) is 12.5. The van der Waals surface area contributed by atoms with Crippen LogP contribution in [0.25, 0.3) is 0 Å². The first-order valence-electron chi connectivity index (χ1n) is 8.79. The van der Waals surface area contributed by atoms with Crippen LogP contribution in [0.1, 0.15) is 31.4 Å². The Labute approximate surface area is 157 Å². The SMILES string of the molecule is CSc1nc2n(n1)[C@H](c1ccc(N(C)C)cc1)C1=C(C[C@H](C)CC1=O)N2. The van der Waals surface area contributed by atoms with Gasteiger partial charge in [0.05, 0.1) is 0 Å². The molecule has 0 radical (unpaired) electrons. The summed E-state index contributed by atoms with van der Waals surface area (Å²) in [7, 11) is 4.04. The number of Topliss-reactive ketones (excluding diaryl/α,β-unsaturated/α-hetero) is 1. The number of rotatable bonds is 3. The first kappa shape index (κ1) is 17.1. The number of anilines is 2. The van der Waals surface area contributed by atoms with Crippen LogP contribution in [-0.4, -0.2) is 40.9 Å². The van der Waals surface area contributed by atoms with Gasteiger partial charge in [-0.15, -0.1) is 5.10 Å². The average molecular weight is 369 g/mol. The van der Waals surface area contributed by atoms with E-state index in [9.17, 15) is 4.79 Å². The Morgan fingerprint density at radius 2 is 1.96 bits per heavy atom. The van der Waals surface area contributed by atoms with E-state index in [0.29, 0.717) is 17.5 Å². The van der Waals surface area contributed by atoms with E-state index in [1.54, 1.807) is 0 Å². The standard InChI is InChI=1S/C19H23N5OS/c1-11-9-14-16(15(25)10-11)17(12-5-7-13(8-6-12)23(2)3)24-18(20-14)21-19(22-24)26-4/h5-8,11,17H,9-10H2,1-4H3,(H,20,21,22)/t11-,17+/m0/s1. The zero-order valence-corrected chi connectivity index (χ0v) is 16.3. The van der Waals surface area contributed by atoms with Gasteiger partial charge >= 0.3 is 0 Å². The maximum absolute atomic E-state index is 12.9. The van der Waals surface area contributed by atoms with Crippen LogP contribution in [0, 0.1) is 5.92 Å². The van der Waals surface area contributed by atoms with Crippen molar-refractivity contribution in [1.29, 1.82) is 0 Å². The minimum Gasteiger partial charge on any atom is -0.378 e. The van der Waals surface area contributed by atoms with Gasteiger partial charge in [-0.3, -0.25) is 4.79 Å². The van der Waals surface area contributed by atoms with Gasteiger partial charge in [0.15, 0.2) is 5.78 Å². The fraction of sp³-hybridized carbons (Fsp3) is 0.421. The summed E-state index contributed by atoms with van der Waals surface area (Å²) in [4.78, 5) is 19.6. The number of ketones is 1. The van der Waals surface area contributed by atoms with Crippen LogP contribution < -0.4 is 10.2 Å². The summed E-state index contributed by atoms with van der Waals surface area (Å²) in [6, 6.07) is 8.13. The average Bonchev–Trinajstić information content (AvgIpc) is 3.02. The molecule has 2 heterocycles. The van der Waals surface area contributed by atoms with Crippen LogP contribution in [0.5, 0.6) is 0 Å². The molecular weight excluding hydrogens is 346 g/mol. The summed E-state index contributed by atoms with van der Waals surface area (Å²) < 4.78 is 1.86. The van der Waals surface area contributed by atoms with Gasteiger partial charge < -0.3 is 10.2 Å². The van der Waals surface area contributed by atoms with Crippen LogP contribution in [0.3, 0.4) is 0 Å². The van der Waals surface area contributed by atoms with Crippen molar-refractivity contribution in [1.82, 2.24) is 14.8 Å². The van der Waals surface area contributed by atoms with E-state index >= 15 is 0 Å². The Bertz CT molecular complexity index is 884. The van der Waals surface area contributed by atoms with E-state index < -0.39 is 0 Å². The fourth-order valence-electron chi connectivity index (χ4n) is 3.74. The molecule has 4 rings (SSSR count). The third kappa shape index (κ3) is 2.80. The van der Waals surface area contributed by atoms with E-state index in [0.717, 1.165) is 34.9 Å². The molecule has 1 aliphatic carbocycles. The number of aromatic nitrogens is 3. The first-order valence-corrected chi connectivity index (χ1v) is 10.0. The Balaban J connectivity index is 1.85. The van der Waals surface area contributed by atoms with E-state index in [2.05, 4.69) is 51.5 Å². The molecule has 26 heavy (non-hydrogen) atoms. The highest BCUT2D eigenvalue weighted by atomic mass is 32.2. The van der Waals surface area contributed by atoms with E-state index in [1.165, 1.54) is 11.8 Å². The Kier molecular flexibility index (Phi) is 4.26. The van der Waals surface area contributed by atoms with Crippen LogP contribution in [0.15, 0.2) is 40.7 Å². The lowest BCUT2D eigenvalue weighted by Gasteiger charge is -2.34. The number of thioether (sulfide) groups is 1. The molecule has 2 aromatic rings. The van der Waals surface area contributed by atoms with Gasteiger partial charge in [-0.25, -0.2) is 4.68 Å². The number of nitrogens with one attached hydrogen (secondary N) is 1. The molecule has 0 spiro atoms. The summed E-state index contributed by atoms with van der Waals surface area (Å²) in [5, 5.41) is 8.72. The minimum atomic E-state index is -0.217. The van der Waals surface area contributed by atoms with Gasteiger partial charge in [-0.1, -0.05) is 30.8 Å². The summed E-state index contributed by atoms with van der Waals surface area (Å²) >= 11 is 1.51. The largest absolute Gasteiger partial charge is 0.378 e. The van der Waals surface area contributed by atoms with Crippen LogP contribution in [-0.2, 0) is 4.79 Å². The fourth-order valence-corrected chi connectivity index (χ4v) is 4.08. The highest BCUT2D eigenvalue weighted by Crippen LogP contribution is 2.41. The summed E-state index contributed by atoms with van der Waals surface area (Å²) in [6.07, 6.45) is 3.42. The van der Waals surface area contributed by atoms with Crippen molar-refractivity contribution in [3.63, 3.8) is 0 Å². The van der Waals surface area contributed by atoms with Gasteiger partial charge in [-0.2, -0.15) is 4.98 Å². The molecule has 0 unspecified atom stereocenters. The normalized spacial score (nSPS) is 21.9. The molecule has 0 amide bonds. The minimum absolute atomic E-state index is 0.208. The summed E-state index contributed by atoms with van der Waals surface area (Å²) in [5.41, 5.74) is 4.03. The predicted octanol–water partition coefficient (Wildman–Crippen LogP) is 3.33. The summed E-state index contributed by atoms with van der Waals surface area (Å²) in [6.45, 7) is 2.12. The van der Waals surface area contributed by atoms with Gasteiger partial charge in [0.25, 0.3) is 0 Å². The number of nitrogens with zero attached hydrogens (tertiary/aromatic N) is 4. The number of hydrogen-bond acceptors (Lipinski definition) is 6. The van der Waals surface area contributed by atoms with Crippen molar-refractivity contribution in [2.45, 2.75) is 31.0 Å². The maximum Gasteiger partial charge on any atom is 0.227 e. The second-order valence-electron chi connectivity index (χ2n) is 7.21. The lowest BCUT2D eigenvalue weighted by atomic mass is 9.81. The highest BCUT2D eigenvalue weighted by molar-refractivity contribution is 7.98. The summed E-state index contributed by atoms with van der Waals surface area (Å²) in [5.74, 6) is 1.27. The van der Waals surface area contributed by atoms with Crippen molar-refractivity contribution in [2.75, 3.05) is 30.6 Å². The lowest BCUT2D eigenvalue weighted by molar-refractivity contribution is -0.117. The second-order valence-corrected chi connectivity index (χ2v) is 7.98. The molecule has 1 aliphatic heterocycles. The predicted molar refractivity (Wildman–Crippen MR) is 105 cm³/mol. The molecule has 0 fully saturated rings.